The maximum atomic E-state index is 12.0. The molecule has 0 amide bonds. The van der Waals surface area contributed by atoms with Gasteiger partial charge < -0.3 is 0 Å². The van der Waals surface area contributed by atoms with Gasteiger partial charge in [0, 0.05) is 23.2 Å². The Labute approximate surface area is 124 Å². The molecule has 0 saturated carbocycles. The van der Waals surface area contributed by atoms with Crippen molar-refractivity contribution in [3.05, 3.63) is 29.1 Å². The first-order valence-corrected chi connectivity index (χ1v) is 7.68. The largest absolute Gasteiger partial charge is 0.299 e. The summed E-state index contributed by atoms with van der Waals surface area (Å²) in [5.74, 6) is 1.03. The van der Waals surface area contributed by atoms with Gasteiger partial charge in [-0.25, -0.2) is 0 Å². The van der Waals surface area contributed by atoms with Gasteiger partial charge in [-0.05, 0) is 49.8 Å². The summed E-state index contributed by atoms with van der Waals surface area (Å²) in [7, 11) is 0. The van der Waals surface area contributed by atoms with Crippen LogP contribution in [0.1, 0.15) is 64.4 Å². The molecule has 112 valence electrons. The highest BCUT2D eigenvalue weighted by atomic mass is 16.1. The van der Waals surface area contributed by atoms with Crippen molar-refractivity contribution in [1.29, 1.82) is 0 Å². The number of aryl methyl sites for hydroxylation is 3. The molecule has 1 aromatic heterocycles. The molecule has 2 heteroatoms. The maximum absolute atomic E-state index is 12.0. The minimum Gasteiger partial charge on any atom is -0.299 e. The Kier molecular flexibility index (Phi) is 5.91. The van der Waals surface area contributed by atoms with E-state index in [1.165, 1.54) is 12.0 Å². The molecular formula is C18H29NO. The van der Waals surface area contributed by atoms with Crippen molar-refractivity contribution in [2.45, 2.75) is 67.2 Å². The molecule has 20 heavy (non-hydrogen) atoms. The van der Waals surface area contributed by atoms with Gasteiger partial charge in [-0.2, -0.15) is 0 Å². The summed E-state index contributed by atoms with van der Waals surface area (Å²) in [5.41, 5.74) is 3.22. The quantitative estimate of drug-likeness (QED) is 0.763. The summed E-state index contributed by atoms with van der Waals surface area (Å²) >= 11 is 0. The number of aromatic nitrogens is 1. The molecule has 0 N–H and O–H groups in total. The molecule has 1 heterocycles. The number of ketones is 1. The van der Waals surface area contributed by atoms with E-state index in [9.17, 15) is 4.79 Å². The zero-order chi connectivity index (χ0) is 15.3. The molecule has 0 bridgehead atoms. The van der Waals surface area contributed by atoms with Gasteiger partial charge in [-0.3, -0.25) is 9.78 Å². The number of rotatable bonds is 6. The molecule has 0 unspecified atom stereocenters. The van der Waals surface area contributed by atoms with Gasteiger partial charge in [0.05, 0.1) is 0 Å². The molecule has 0 aliphatic heterocycles. The number of pyridine rings is 1. The molecule has 1 aromatic rings. The Morgan fingerprint density at radius 1 is 1.20 bits per heavy atom. The van der Waals surface area contributed by atoms with Gasteiger partial charge in [-0.15, -0.1) is 0 Å². The molecule has 1 rings (SSSR count). The van der Waals surface area contributed by atoms with Gasteiger partial charge in [-0.1, -0.05) is 34.6 Å². The van der Waals surface area contributed by atoms with E-state index in [1.807, 2.05) is 27.7 Å². The molecule has 0 radical (unpaired) electrons. The molecule has 0 saturated heterocycles. The molecule has 0 atom stereocenters. The molecule has 0 aliphatic rings. The van der Waals surface area contributed by atoms with E-state index in [1.54, 1.807) is 0 Å². The van der Waals surface area contributed by atoms with Crippen LogP contribution < -0.4 is 0 Å². The molecular weight excluding hydrogens is 246 g/mol. The van der Waals surface area contributed by atoms with Crippen molar-refractivity contribution >= 4 is 5.78 Å². The number of hydrogen-bond donors (Lipinski definition) is 0. The normalized spacial score (nSPS) is 11.9. The first-order valence-electron chi connectivity index (χ1n) is 7.68. The van der Waals surface area contributed by atoms with Gasteiger partial charge in [0.1, 0.15) is 5.78 Å². The SMILES string of the molecule is Cc1cc(CCC(C)C)cc(CCC(=O)C(C)(C)C)n1. The third-order valence-corrected chi connectivity index (χ3v) is 3.52. The van der Waals surface area contributed by atoms with Crippen LogP contribution in [0.3, 0.4) is 0 Å². The summed E-state index contributed by atoms with van der Waals surface area (Å²) < 4.78 is 0. The summed E-state index contributed by atoms with van der Waals surface area (Å²) in [4.78, 5) is 16.6. The lowest BCUT2D eigenvalue weighted by Gasteiger charge is -2.16. The molecule has 0 fully saturated rings. The van der Waals surface area contributed by atoms with Crippen molar-refractivity contribution in [2.24, 2.45) is 11.3 Å². The van der Waals surface area contributed by atoms with Crippen molar-refractivity contribution in [2.75, 3.05) is 0 Å². The maximum Gasteiger partial charge on any atom is 0.138 e. The van der Waals surface area contributed by atoms with Crippen LogP contribution in [-0.2, 0) is 17.6 Å². The number of hydrogen-bond acceptors (Lipinski definition) is 2. The Hall–Kier alpha value is -1.18. The third-order valence-electron chi connectivity index (χ3n) is 3.52. The second kappa shape index (κ2) is 7.01. The van der Waals surface area contributed by atoms with Gasteiger partial charge in [0.15, 0.2) is 0 Å². The van der Waals surface area contributed by atoms with Gasteiger partial charge >= 0.3 is 0 Å². The van der Waals surface area contributed by atoms with E-state index in [4.69, 9.17) is 0 Å². The predicted molar refractivity (Wildman–Crippen MR) is 84.9 cm³/mol. The van der Waals surface area contributed by atoms with Crippen LogP contribution in [0.2, 0.25) is 0 Å². The van der Waals surface area contributed by atoms with Crippen LogP contribution in [0.25, 0.3) is 0 Å². The highest BCUT2D eigenvalue weighted by Crippen LogP contribution is 2.19. The first kappa shape index (κ1) is 16.9. The fourth-order valence-corrected chi connectivity index (χ4v) is 2.16. The summed E-state index contributed by atoms with van der Waals surface area (Å²) in [6.45, 7) is 12.5. The number of nitrogens with zero attached hydrogens (tertiary/aromatic N) is 1. The van der Waals surface area contributed by atoms with Crippen LogP contribution in [0.4, 0.5) is 0 Å². The lowest BCUT2D eigenvalue weighted by Crippen LogP contribution is -2.20. The second-order valence-electron chi connectivity index (χ2n) is 7.21. The Bertz CT molecular complexity index is 455. The summed E-state index contributed by atoms with van der Waals surface area (Å²) in [6, 6.07) is 4.34. The van der Waals surface area contributed by atoms with Gasteiger partial charge in [0.2, 0.25) is 0 Å². The van der Waals surface area contributed by atoms with Crippen LogP contribution in [0, 0.1) is 18.3 Å². The first-order chi connectivity index (χ1) is 9.18. The van der Waals surface area contributed by atoms with Crippen molar-refractivity contribution in [3.63, 3.8) is 0 Å². The standard InChI is InChI=1S/C18H29NO/c1-13(2)7-8-15-11-14(3)19-16(12-15)9-10-17(20)18(4,5)6/h11-13H,7-10H2,1-6H3. The van der Waals surface area contributed by atoms with Crippen LogP contribution in [-0.4, -0.2) is 10.8 Å². The molecule has 0 aliphatic carbocycles. The van der Waals surface area contributed by atoms with Crippen LogP contribution in [0.5, 0.6) is 0 Å². The monoisotopic (exact) mass is 275 g/mol. The average molecular weight is 275 g/mol. The fourth-order valence-electron chi connectivity index (χ4n) is 2.16. The van der Waals surface area contributed by atoms with Crippen molar-refractivity contribution in [1.82, 2.24) is 4.98 Å². The second-order valence-corrected chi connectivity index (χ2v) is 7.21. The Balaban J connectivity index is 2.68. The lowest BCUT2D eigenvalue weighted by atomic mass is 9.88. The van der Waals surface area contributed by atoms with E-state index < -0.39 is 0 Å². The van der Waals surface area contributed by atoms with E-state index in [-0.39, 0.29) is 5.41 Å². The van der Waals surface area contributed by atoms with E-state index >= 15 is 0 Å². The van der Waals surface area contributed by atoms with Crippen molar-refractivity contribution < 1.29 is 4.79 Å². The number of carbonyl (C=O) groups is 1. The number of carbonyl (C=O) groups excluding carboxylic acids is 1. The zero-order valence-corrected chi connectivity index (χ0v) is 13.9. The minimum atomic E-state index is -0.246. The van der Waals surface area contributed by atoms with Crippen LogP contribution >= 0.6 is 0 Å². The molecule has 0 spiro atoms. The molecule has 2 nitrogen and oxygen atoms in total. The smallest absolute Gasteiger partial charge is 0.138 e. The highest BCUT2D eigenvalue weighted by Gasteiger charge is 2.20. The van der Waals surface area contributed by atoms with E-state index in [0.717, 1.165) is 30.1 Å². The van der Waals surface area contributed by atoms with Crippen molar-refractivity contribution in [3.8, 4) is 0 Å². The van der Waals surface area contributed by atoms with E-state index in [2.05, 4.69) is 31.0 Å². The number of Topliss-reactive ketones (excluding diaryl/α,β-unsaturated/α-hetero) is 1. The minimum absolute atomic E-state index is 0.246. The summed E-state index contributed by atoms with van der Waals surface area (Å²) in [6.07, 6.45) is 3.64. The lowest BCUT2D eigenvalue weighted by molar-refractivity contribution is -0.126. The average Bonchev–Trinajstić information content (AvgIpc) is 2.31. The highest BCUT2D eigenvalue weighted by molar-refractivity contribution is 5.83. The fraction of sp³-hybridized carbons (Fsp3) is 0.667. The van der Waals surface area contributed by atoms with Crippen LogP contribution in [0.15, 0.2) is 12.1 Å². The zero-order valence-electron chi connectivity index (χ0n) is 13.9. The predicted octanol–water partition coefficient (Wildman–Crippen LogP) is 4.53. The third kappa shape index (κ3) is 5.85. The molecule has 0 aromatic carbocycles. The summed E-state index contributed by atoms with van der Waals surface area (Å²) in [5, 5.41) is 0. The Morgan fingerprint density at radius 3 is 2.40 bits per heavy atom. The van der Waals surface area contributed by atoms with Gasteiger partial charge in [0.25, 0.3) is 0 Å². The Morgan fingerprint density at radius 2 is 1.85 bits per heavy atom. The van der Waals surface area contributed by atoms with E-state index in [0.29, 0.717) is 12.2 Å². The topological polar surface area (TPSA) is 30.0 Å².